The Morgan fingerprint density at radius 2 is 1.74 bits per heavy atom. The molecule has 0 bridgehead atoms. The summed E-state index contributed by atoms with van der Waals surface area (Å²) in [6.45, 7) is 2.52. The van der Waals surface area contributed by atoms with Gasteiger partial charge < -0.3 is 23.5 Å². The zero-order chi connectivity index (χ0) is 24.7. The first-order valence-electron chi connectivity index (χ1n) is 11.0. The van der Waals surface area contributed by atoms with Crippen LogP contribution in [-0.2, 0) is 13.0 Å². The maximum atomic E-state index is 13.1. The third-order valence-corrected chi connectivity index (χ3v) is 6.89. The maximum absolute atomic E-state index is 13.1. The molecule has 0 radical (unpaired) electrons. The van der Waals surface area contributed by atoms with Gasteiger partial charge in [0, 0.05) is 23.4 Å². The fourth-order valence-electron chi connectivity index (χ4n) is 4.46. The van der Waals surface area contributed by atoms with Crippen molar-refractivity contribution < 1.29 is 18.6 Å². The fraction of sp³-hybridized carbons (Fsp3) is 0.222. The van der Waals surface area contributed by atoms with Gasteiger partial charge in [-0.2, -0.15) is 0 Å². The number of nitrogens with zero attached hydrogens (tertiary/aromatic N) is 1. The molecule has 0 saturated heterocycles. The average Bonchev–Trinajstić information content (AvgIpc) is 2.87. The Kier molecular flexibility index (Phi) is 6.26. The number of rotatable bonds is 5. The SMILES string of the molecule is COc1cc(OC)c(N2COc3c(Cl)cc4c(C)c(Cc5ccccc5)c(=O)oc4c3C2)cc1Cl. The van der Waals surface area contributed by atoms with Gasteiger partial charge in [0.05, 0.1) is 42.1 Å². The van der Waals surface area contributed by atoms with Gasteiger partial charge in [0.1, 0.15) is 22.8 Å². The second-order valence-electron chi connectivity index (χ2n) is 8.33. The highest BCUT2D eigenvalue weighted by Crippen LogP contribution is 2.44. The Bertz CT molecular complexity index is 1480. The van der Waals surface area contributed by atoms with E-state index in [1.54, 1.807) is 26.4 Å². The van der Waals surface area contributed by atoms with Crippen molar-refractivity contribution in [2.24, 2.45) is 0 Å². The lowest BCUT2D eigenvalue weighted by molar-refractivity contribution is 0.287. The fourth-order valence-corrected chi connectivity index (χ4v) is 4.97. The highest BCUT2D eigenvalue weighted by atomic mass is 35.5. The molecule has 5 rings (SSSR count). The molecule has 0 atom stereocenters. The number of halogens is 2. The lowest BCUT2D eigenvalue weighted by Crippen LogP contribution is -2.32. The van der Waals surface area contributed by atoms with Crippen LogP contribution in [-0.4, -0.2) is 21.0 Å². The van der Waals surface area contributed by atoms with Crippen LogP contribution >= 0.6 is 23.2 Å². The Balaban J connectivity index is 1.61. The summed E-state index contributed by atoms with van der Waals surface area (Å²) in [6, 6.07) is 15.1. The first kappa shape index (κ1) is 23.4. The first-order chi connectivity index (χ1) is 16.9. The van der Waals surface area contributed by atoms with Crippen LogP contribution in [0.15, 0.2) is 57.7 Å². The van der Waals surface area contributed by atoms with Crippen LogP contribution in [0.3, 0.4) is 0 Å². The Morgan fingerprint density at radius 3 is 2.46 bits per heavy atom. The molecule has 1 aromatic heterocycles. The highest BCUT2D eigenvalue weighted by molar-refractivity contribution is 6.33. The molecule has 2 heterocycles. The molecule has 180 valence electrons. The quantitative estimate of drug-likeness (QED) is 0.290. The molecule has 4 aromatic rings. The van der Waals surface area contributed by atoms with Gasteiger partial charge in [0.15, 0.2) is 6.73 Å². The molecule has 3 aromatic carbocycles. The van der Waals surface area contributed by atoms with Crippen LogP contribution in [0.1, 0.15) is 22.3 Å². The number of ether oxygens (including phenoxy) is 3. The highest BCUT2D eigenvalue weighted by Gasteiger charge is 2.28. The molecule has 0 saturated carbocycles. The van der Waals surface area contributed by atoms with Crippen molar-refractivity contribution in [3.63, 3.8) is 0 Å². The Labute approximate surface area is 212 Å². The van der Waals surface area contributed by atoms with E-state index in [1.807, 2.05) is 48.2 Å². The summed E-state index contributed by atoms with van der Waals surface area (Å²) in [4.78, 5) is 15.0. The van der Waals surface area contributed by atoms with Crippen molar-refractivity contribution in [2.75, 3.05) is 25.9 Å². The van der Waals surface area contributed by atoms with E-state index in [0.29, 0.717) is 57.0 Å². The van der Waals surface area contributed by atoms with E-state index >= 15 is 0 Å². The van der Waals surface area contributed by atoms with Crippen molar-refractivity contribution in [1.82, 2.24) is 0 Å². The second-order valence-corrected chi connectivity index (χ2v) is 9.14. The zero-order valence-electron chi connectivity index (χ0n) is 19.5. The van der Waals surface area contributed by atoms with Crippen LogP contribution in [0.5, 0.6) is 17.2 Å². The molecule has 0 spiro atoms. The molecular formula is C27H23Cl2NO5. The van der Waals surface area contributed by atoms with Gasteiger partial charge in [-0.3, -0.25) is 0 Å². The topological polar surface area (TPSA) is 61.1 Å². The van der Waals surface area contributed by atoms with Crippen molar-refractivity contribution in [3.05, 3.63) is 91.3 Å². The molecule has 0 fully saturated rings. The van der Waals surface area contributed by atoms with Gasteiger partial charge in [-0.25, -0.2) is 4.79 Å². The van der Waals surface area contributed by atoms with Gasteiger partial charge in [0.25, 0.3) is 0 Å². The van der Waals surface area contributed by atoms with Crippen LogP contribution in [0.4, 0.5) is 5.69 Å². The minimum atomic E-state index is -0.370. The van der Waals surface area contributed by atoms with Crippen LogP contribution < -0.4 is 24.7 Å². The summed E-state index contributed by atoms with van der Waals surface area (Å²) in [5.41, 5.74) is 3.99. The van der Waals surface area contributed by atoms with E-state index in [-0.39, 0.29) is 12.4 Å². The number of methoxy groups -OCH3 is 2. The zero-order valence-corrected chi connectivity index (χ0v) is 21.0. The molecule has 1 aliphatic rings. The Morgan fingerprint density at radius 1 is 1.00 bits per heavy atom. The maximum Gasteiger partial charge on any atom is 0.340 e. The lowest BCUT2D eigenvalue weighted by Gasteiger charge is -2.32. The first-order valence-corrected chi connectivity index (χ1v) is 11.8. The molecule has 0 unspecified atom stereocenters. The smallest absolute Gasteiger partial charge is 0.340 e. The molecule has 0 aliphatic carbocycles. The molecule has 0 N–H and O–H groups in total. The minimum absolute atomic E-state index is 0.215. The predicted molar refractivity (Wildman–Crippen MR) is 138 cm³/mol. The van der Waals surface area contributed by atoms with E-state index < -0.39 is 0 Å². The van der Waals surface area contributed by atoms with Crippen LogP contribution in [0.2, 0.25) is 10.0 Å². The van der Waals surface area contributed by atoms with Crippen molar-refractivity contribution in [3.8, 4) is 17.2 Å². The normalized spacial score (nSPS) is 12.9. The summed E-state index contributed by atoms with van der Waals surface area (Å²) in [6.07, 6.45) is 0.476. The minimum Gasteiger partial charge on any atom is -0.495 e. The molecule has 35 heavy (non-hydrogen) atoms. The van der Waals surface area contributed by atoms with Gasteiger partial charge in [-0.1, -0.05) is 53.5 Å². The number of aryl methyl sites for hydroxylation is 1. The van der Waals surface area contributed by atoms with Crippen molar-refractivity contribution >= 4 is 39.9 Å². The summed E-state index contributed by atoms with van der Waals surface area (Å²) in [5, 5.41) is 1.69. The summed E-state index contributed by atoms with van der Waals surface area (Å²) in [7, 11) is 3.12. The third kappa shape index (κ3) is 4.17. The van der Waals surface area contributed by atoms with E-state index in [1.165, 1.54) is 0 Å². The molecule has 0 amide bonds. The number of benzene rings is 3. The third-order valence-electron chi connectivity index (χ3n) is 6.31. The largest absolute Gasteiger partial charge is 0.495 e. The van der Waals surface area contributed by atoms with Crippen LogP contribution in [0, 0.1) is 6.92 Å². The van der Waals surface area contributed by atoms with Gasteiger partial charge in [-0.05, 0) is 30.2 Å². The van der Waals surface area contributed by atoms with Gasteiger partial charge in [-0.15, -0.1) is 0 Å². The van der Waals surface area contributed by atoms with Crippen molar-refractivity contribution in [1.29, 1.82) is 0 Å². The van der Waals surface area contributed by atoms with Crippen molar-refractivity contribution in [2.45, 2.75) is 19.9 Å². The standard InChI is InChI=1S/C27H23Cl2NO5/c1-15-17-10-21(29)26-19(25(17)35-27(31)18(15)9-16-7-5-4-6-8-16)13-30(14-34-26)22-11-20(28)23(32-2)12-24(22)33-3/h4-8,10-12H,9,13-14H2,1-3H3. The second kappa shape index (κ2) is 9.36. The van der Waals surface area contributed by atoms with Gasteiger partial charge >= 0.3 is 5.63 Å². The van der Waals surface area contributed by atoms with E-state index in [4.69, 9.17) is 41.8 Å². The van der Waals surface area contributed by atoms with Crippen LogP contribution in [0.25, 0.3) is 11.0 Å². The molecule has 6 nitrogen and oxygen atoms in total. The molecule has 1 aliphatic heterocycles. The number of fused-ring (bicyclic) bond motifs is 3. The summed E-state index contributed by atoms with van der Waals surface area (Å²) in [5.74, 6) is 1.59. The molecule has 8 heteroatoms. The summed E-state index contributed by atoms with van der Waals surface area (Å²) < 4.78 is 22.8. The van der Waals surface area contributed by atoms with E-state index in [9.17, 15) is 4.79 Å². The average molecular weight is 512 g/mol. The number of anilines is 1. The predicted octanol–water partition coefficient (Wildman–Crippen LogP) is 6.37. The van der Waals surface area contributed by atoms with Gasteiger partial charge in [0.2, 0.25) is 0 Å². The van der Waals surface area contributed by atoms with E-state index in [0.717, 1.165) is 22.2 Å². The monoisotopic (exact) mass is 511 g/mol. The Hall–Kier alpha value is -3.35. The van der Waals surface area contributed by atoms with E-state index in [2.05, 4.69) is 0 Å². The number of hydrogen-bond acceptors (Lipinski definition) is 6. The summed E-state index contributed by atoms with van der Waals surface area (Å²) >= 11 is 13.0. The lowest BCUT2D eigenvalue weighted by atomic mass is 9.97. The molecular weight excluding hydrogens is 489 g/mol. The number of hydrogen-bond donors (Lipinski definition) is 0.